The predicted octanol–water partition coefficient (Wildman–Crippen LogP) is 3.17. The standard InChI is InChI=1S/C19H20N4O2/c1-2-25-17-5-3-4-16(14-17)19(24)21-18-9-13-23(22-18)12-8-15-6-10-20-11-7-15/h3-7,9-11,13-14H,2,8,12H2,1H3,(H,21,22,24). The van der Waals surface area contributed by atoms with Crippen molar-refractivity contribution in [2.24, 2.45) is 0 Å². The van der Waals surface area contributed by atoms with Gasteiger partial charge in [-0.1, -0.05) is 6.07 Å². The van der Waals surface area contributed by atoms with Crippen molar-refractivity contribution in [3.05, 3.63) is 72.2 Å². The van der Waals surface area contributed by atoms with E-state index in [0.717, 1.165) is 13.0 Å². The molecule has 0 radical (unpaired) electrons. The van der Waals surface area contributed by atoms with Gasteiger partial charge in [-0.3, -0.25) is 14.5 Å². The van der Waals surface area contributed by atoms with E-state index < -0.39 is 0 Å². The van der Waals surface area contributed by atoms with Crippen molar-refractivity contribution < 1.29 is 9.53 Å². The molecule has 2 aromatic heterocycles. The number of nitrogens with one attached hydrogen (secondary N) is 1. The number of benzene rings is 1. The highest BCUT2D eigenvalue weighted by molar-refractivity contribution is 6.03. The summed E-state index contributed by atoms with van der Waals surface area (Å²) in [5, 5.41) is 7.20. The number of carbonyl (C=O) groups excluding carboxylic acids is 1. The Morgan fingerprint density at radius 2 is 2.04 bits per heavy atom. The molecule has 1 aromatic carbocycles. The summed E-state index contributed by atoms with van der Waals surface area (Å²) in [5.74, 6) is 1.00. The summed E-state index contributed by atoms with van der Waals surface area (Å²) >= 11 is 0. The van der Waals surface area contributed by atoms with Crippen molar-refractivity contribution in [3.63, 3.8) is 0 Å². The lowest BCUT2D eigenvalue weighted by atomic mass is 10.2. The summed E-state index contributed by atoms with van der Waals surface area (Å²) in [4.78, 5) is 16.3. The molecule has 0 fully saturated rings. The number of amides is 1. The first-order chi connectivity index (χ1) is 12.2. The van der Waals surface area contributed by atoms with Gasteiger partial charge >= 0.3 is 0 Å². The van der Waals surface area contributed by atoms with Crippen molar-refractivity contribution in [2.75, 3.05) is 11.9 Å². The quantitative estimate of drug-likeness (QED) is 0.719. The molecule has 6 nitrogen and oxygen atoms in total. The third-order valence-corrected chi connectivity index (χ3v) is 3.67. The maximum absolute atomic E-state index is 12.3. The lowest BCUT2D eigenvalue weighted by Gasteiger charge is -2.06. The van der Waals surface area contributed by atoms with E-state index in [0.29, 0.717) is 23.7 Å². The molecule has 6 heteroatoms. The maximum Gasteiger partial charge on any atom is 0.256 e. The van der Waals surface area contributed by atoms with Crippen LogP contribution in [0.3, 0.4) is 0 Å². The molecule has 1 N–H and O–H groups in total. The number of anilines is 1. The monoisotopic (exact) mass is 336 g/mol. The number of carbonyl (C=O) groups is 1. The predicted molar refractivity (Wildman–Crippen MR) is 95.7 cm³/mol. The molecule has 0 bridgehead atoms. The van der Waals surface area contributed by atoms with Crippen LogP contribution in [-0.4, -0.2) is 27.3 Å². The number of nitrogens with zero attached hydrogens (tertiary/aromatic N) is 3. The van der Waals surface area contributed by atoms with E-state index in [1.165, 1.54) is 5.56 Å². The van der Waals surface area contributed by atoms with Gasteiger partial charge in [0, 0.05) is 36.8 Å². The van der Waals surface area contributed by atoms with Crippen LogP contribution >= 0.6 is 0 Å². The van der Waals surface area contributed by atoms with Gasteiger partial charge in [-0.25, -0.2) is 0 Å². The Balaban J connectivity index is 1.59. The zero-order valence-corrected chi connectivity index (χ0v) is 14.1. The summed E-state index contributed by atoms with van der Waals surface area (Å²) in [6, 6.07) is 12.9. The van der Waals surface area contributed by atoms with Crippen molar-refractivity contribution in [2.45, 2.75) is 19.9 Å². The van der Waals surface area contributed by atoms with E-state index in [4.69, 9.17) is 4.74 Å². The van der Waals surface area contributed by atoms with Crippen LogP contribution < -0.4 is 10.1 Å². The lowest BCUT2D eigenvalue weighted by molar-refractivity contribution is 0.102. The number of rotatable bonds is 7. The minimum Gasteiger partial charge on any atom is -0.494 e. The third kappa shape index (κ3) is 4.67. The van der Waals surface area contributed by atoms with Crippen LogP contribution in [-0.2, 0) is 13.0 Å². The van der Waals surface area contributed by atoms with Gasteiger partial charge in [-0.15, -0.1) is 0 Å². The first-order valence-electron chi connectivity index (χ1n) is 8.21. The van der Waals surface area contributed by atoms with Crippen LogP contribution in [0.4, 0.5) is 5.82 Å². The average molecular weight is 336 g/mol. The van der Waals surface area contributed by atoms with Gasteiger partial charge in [-0.05, 0) is 49.2 Å². The first kappa shape index (κ1) is 16.7. The number of ether oxygens (including phenoxy) is 1. The van der Waals surface area contributed by atoms with Gasteiger partial charge in [0.05, 0.1) is 6.61 Å². The highest BCUT2D eigenvalue weighted by atomic mass is 16.5. The third-order valence-electron chi connectivity index (χ3n) is 3.67. The molecule has 0 aliphatic carbocycles. The van der Waals surface area contributed by atoms with Crippen LogP contribution in [0.1, 0.15) is 22.8 Å². The van der Waals surface area contributed by atoms with E-state index in [1.54, 1.807) is 36.7 Å². The van der Waals surface area contributed by atoms with E-state index >= 15 is 0 Å². The molecule has 0 aliphatic rings. The second kappa shape index (κ2) is 8.10. The molecule has 128 valence electrons. The Morgan fingerprint density at radius 1 is 1.20 bits per heavy atom. The van der Waals surface area contributed by atoms with Gasteiger partial charge < -0.3 is 10.1 Å². The van der Waals surface area contributed by atoms with E-state index in [2.05, 4.69) is 15.4 Å². The highest BCUT2D eigenvalue weighted by Gasteiger charge is 2.09. The Hall–Kier alpha value is -3.15. The largest absolute Gasteiger partial charge is 0.494 e. The minimum absolute atomic E-state index is 0.207. The first-order valence-corrected chi connectivity index (χ1v) is 8.21. The van der Waals surface area contributed by atoms with Crippen LogP contribution in [0.2, 0.25) is 0 Å². The van der Waals surface area contributed by atoms with Gasteiger partial charge in [0.2, 0.25) is 0 Å². The normalized spacial score (nSPS) is 10.4. The van der Waals surface area contributed by atoms with Crippen LogP contribution in [0.15, 0.2) is 61.1 Å². The Kier molecular flexibility index (Phi) is 5.41. The highest BCUT2D eigenvalue weighted by Crippen LogP contribution is 2.15. The molecule has 25 heavy (non-hydrogen) atoms. The lowest BCUT2D eigenvalue weighted by Crippen LogP contribution is -2.13. The average Bonchev–Trinajstić information content (AvgIpc) is 3.09. The molecule has 1 amide bonds. The minimum atomic E-state index is -0.207. The maximum atomic E-state index is 12.3. The van der Waals surface area contributed by atoms with Crippen LogP contribution in [0.5, 0.6) is 5.75 Å². The molecule has 0 saturated heterocycles. The fraction of sp³-hybridized carbons (Fsp3) is 0.211. The van der Waals surface area contributed by atoms with Crippen LogP contribution in [0.25, 0.3) is 0 Å². The summed E-state index contributed by atoms with van der Waals surface area (Å²) in [6.07, 6.45) is 6.27. The van der Waals surface area contributed by atoms with Gasteiger partial charge in [0.1, 0.15) is 5.75 Å². The Morgan fingerprint density at radius 3 is 2.84 bits per heavy atom. The Labute approximate surface area is 146 Å². The molecule has 0 atom stereocenters. The molecular formula is C19H20N4O2. The summed E-state index contributed by atoms with van der Waals surface area (Å²) in [7, 11) is 0. The molecule has 0 spiro atoms. The van der Waals surface area contributed by atoms with E-state index in [9.17, 15) is 4.79 Å². The fourth-order valence-electron chi connectivity index (χ4n) is 2.43. The number of pyridine rings is 1. The number of hydrogen-bond donors (Lipinski definition) is 1. The van der Waals surface area contributed by atoms with Gasteiger partial charge in [0.25, 0.3) is 5.91 Å². The van der Waals surface area contributed by atoms with Crippen molar-refractivity contribution in [1.82, 2.24) is 14.8 Å². The van der Waals surface area contributed by atoms with Crippen molar-refractivity contribution in [1.29, 1.82) is 0 Å². The Bertz CT molecular complexity index is 830. The van der Waals surface area contributed by atoms with E-state index in [-0.39, 0.29) is 5.91 Å². The van der Waals surface area contributed by atoms with Crippen molar-refractivity contribution >= 4 is 11.7 Å². The number of aromatic nitrogens is 3. The molecule has 2 heterocycles. The topological polar surface area (TPSA) is 69.0 Å². The van der Waals surface area contributed by atoms with Crippen molar-refractivity contribution in [3.8, 4) is 5.75 Å². The molecule has 0 aliphatic heterocycles. The van der Waals surface area contributed by atoms with Gasteiger partial charge in [0.15, 0.2) is 5.82 Å². The SMILES string of the molecule is CCOc1cccc(C(=O)Nc2ccn(CCc3ccncc3)n2)c1. The second-order valence-corrected chi connectivity index (χ2v) is 5.48. The molecule has 3 rings (SSSR count). The van der Waals surface area contributed by atoms with E-state index in [1.807, 2.05) is 36.0 Å². The van der Waals surface area contributed by atoms with Gasteiger partial charge in [-0.2, -0.15) is 5.10 Å². The number of aryl methyl sites for hydroxylation is 2. The molecular weight excluding hydrogens is 316 g/mol. The zero-order valence-electron chi connectivity index (χ0n) is 14.1. The molecule has 0 saturated carbocycles. The zero-order chi connectivity index (χ0) is 17.5. The molecule has 0 unspecified atom stereocenters. The smallest absolute Gasteiger partial charge is 0.256 e. The number of hydrogen-bond acceptors (Lipinski definition) is 4. The second-order valence-electron chi connectivity index (χ2n) is 5.48. The summed E-state index contributed by atoms with van der Waals surface area (Å²) in [6.45, 7) is 3.21. The fourth-order valence-corrected chi connectivity index (χ4v) is 2.43. The summed E-state index contributed by atoms with van der Waals surface area (Å²) in [5.41, 5.74) is 1.74. The molecule has 3 aromatic rings. The summed E-state index contributed by atoms with van der Waals surface area (Å²) < 4.78 is 7.23. The van der Waals surface area contributed by atoms with Crippen LogP contribution in [0, 0.1) is 0 Å².